The molecule has 86 valence electrons. The number of rotatable bonds is 1. The Labute approximate surface area is 98.9 Å². The molecule has 0 unspecified atom stereocenters. The van der Waals surface area contributed by atoms with E-state index in [9.17, 15) is 0 Å². The van der Waals surface area contributed by atoms with E-state index >= 15 is 0 Å². The highest BCUT2D eigenvalue weighted by Crippen LogP contribution is 2.37. The van der Waals surface area contributed by atoms with Gasteiger partial charge in [0.2, 0.25) is 0 Å². The van der Waals surface area contributed by atoms with Crippen LogP contribution >= 0.6 is 0 Å². The predicted octanol–water partition coefficient (Wildman–Crippen LogP) is 2.37. The second-order valence-corrected chi connectivity index (χ2v) is 4.13. The first-order chi connectivity index (χ1) is 8.24. The molecule has 3 heteroatoms. The molecule has 3 nitrogen and oxygen atoms in total. The lowest BCUT2D eigenvalue weighted by Gasteiger charge is -2.21. The summed E-state index contributed by atoms with van der Waals surface area (Å²) in [5.41, 5.74) is 2.66. The van der Waals surface area contributed by atoms with Crippen LogP contribution in [0.2, 0.25) is 0 Å². The van der Waals surface area contributed by atoms with Crippen molar-refractivity contribution in [2.24, 2.45) is 0 Å². The van der Waals surface area contributed by atoms with E-state index in [4.69, 9.17) is 14.9 Å². The summed E-state index contributed by atoms with van der Waals surface area (Å²) >= 11 is 0. The molecule has 0 fully saturated rings. The normalized spacial score (nSPS) is 12.9. The minimum absolute atomic E-state index is 0.447. The van der Waals surface area contributed by atoms with Gasteiger partial charge in [-0.05, 0) is 23.3 Å². The van der Waals surface area contributed by atoms with E-state index in [0.717, 1.165) is 23.3 Å². The molecule has 1 heterocycles. The molecule has 2 aromatic carbocycles. The highest BCUT2D eigenvalue weighted by Gasteiger charge is 2.17. The van der Waals surface area contributed by atoms with Crippen LogP contribution in [0.25, 0.3) is 0 Å². The van der Waals surface area contributed by atoms with Gasteiger partial charge in [-0.1, -0.05) is 30.3 Å². The third kappa shape index (κ3) is 1.79. The van der Waals surface area contributed by atoms with Gasteiger partial charge in [0.05, 0.1) is 0 Å². The molecule has 0 bridgehead atoms. The molecule has 1 aliphatic rings. The van der Waals surface area contributed by atoms with Crippen molar-refractivity contribution >= 4 is 0 Å². The molecule has 3 rings (SSSR count). The summed E-state index contributed by atoms with van der Waals surface area (Å²) in [5, 5.41) is 18.2. The summed E-state index contributed by atoms with van der Waals surface area (Å²) in [4.78, 5) is 0. The number of fused-ring (bicyclic) bond motifs is 2. The third-order valence-electron chi connectivity index (χ3n) is 2.96. The smallest absolute Gasteiger partial charge is 0.178 e. The van der Waals surface area contributed by atoms with Gasteiger partial charge in [0.25, 0.3) is 0 Å². The first-order valence-electron chi connectivity index (χ1n) is 5.49. The predicted molar refractivity (Wildman–Crippen MR) is 62.9 cm³/mol. The molecule has 2 aromatic rings. The summed E-state index contributed by atoms with van der Waals surface area (Å²) < 4.78 is 5.75. The summed E-state index contributed by atoms with van der Waals surface area (Å²) in [6.45, 7) is 0. The topological polar surface area (TPSA) is 49.7 Å². The van der Waals surface area contributed by atoms with Crippen LogP contribution in [0.1, 0.15) is 23.0 Å². The number of benzene rings is 2. The fourth-order valence-electron chi connectivity index (χ4n) is 2.05. The standard InChI is InChI=1S/C14H12O3/c15-14(16)11-6-5-10-7-9-3-1-2-4-12(9)17-13(10)8-11/h1-6,8,14-16H,7H2. The molecule has 0 spiro atoms. The first-order valence-corrected chi connectivity index (χ1v) is 5.49. The number of aliphatic hydroxyl groups is 2. The molecule has 0 saturated carbocycles. The van der Waals surface area contributed by atoms with E-state index < -0.39 is 6.29 Å². The Morgan fingerprint density at radius 3 is 2.53 bits per heavy atom. The van der Waals surface area contributed by atoms with E-state index in [-0.39, 0.29) is 0 Å². The Bertz CT molecular complexity index is 561. The molecule has 17 heavy (non-hydrogen) atoms. The molecule has 0 amide bonds. The van der Waals surface area contributed by atoms with Gasteiger partial charge in [-0.25, -0.2) is 0 Å². The highest BCUT2D eigenvalue weighted by molar-refractivity contribution is 5.50. The molecule has 0 radical (unpaired) electrons. The van der Waals surface area contributed by atoms with E-state index in [0.29, 0.717) is 11.3 Å². The van der Waals surface area contributed by atoms with Crippen LogP contribution in [0, 0.1) is 0 Å². The second-order valence-electron chi connectivity index (χ2n) is 4.13. The number of para-hydroxylation sites is 1. The van der Waals surface area contributed by atoms with Crippen LogP contribution in [-0.2, 0) is 6.42 Å². The zero-order valence-corrected chi connectivity index (χ0v) is 9.13. The largest absolute Gasteiger partial charge is 0.457 e. The van der Waals surface area contributed by atoms with Crippen molar-refractivity contribution in [1.82, 2.24) is 0 Å². The second kappa shape index (κ2) is 3.87. The van der Waals surface area contributed by atoms with Gasteiger partial charge in [-0.15, -0.1) is 0 Å². The van der Waals surface area contributed by atoms with Gasteiger partial charge in [0, 0.05) is 12.0 Å². The minimum atomic E-state index is -1.46. The van der Waals surface area contributed by atoms with Gasteiger partial charge in [0.1, 0.15) is 11.5 Å². The van der Waals surface area contributed by atoms with Crippen molar-refractivity contribution in [3.8, 4) is 11.5 Å². The van der Waals surface area contributed by atoms with Crippen LogP contribution in [0.15, 0.2) is 42.5 Å². The van der Waals surface area contributed by atoms with E-state index in [1.807, 2.05) is 30.3 Å². The Balaban J connectivity index is 2.03. The van der Waals surface area contributed by atoms with E-state index in [1.165, 1.54) is 0 Å². The zero-order valence-electron chi connectivity index (χ0n) is 9.13. The van der Waals surface area contributed by atoms with Crippen LogP contribution in [0.3, 0.4) is 0 Å². The van der Waals surface area contributed by atoms with Crippen LogP contribution in [0.4, 0.5) is 0 Å². The maximum absolute atomic E-state index is 9.12. The maximum Gasteiger partial charge on any atom is 0.178 e. The molecule has 1 aliphatic heterocycles. The Morgan fingerprint density at radius 1 is 0.941 bits per heavy atom. The number of aliphatic hydroxyl groups excluding tert-OH is 1. The monoisotopic (exact) mass is 228 g/mol. The van der Waals surface area contributed by atoms with Crippen molar-refractivity contribution in [2.45, 2.75) is 12.7 Å². The van der Waals surface area contributed by atoms with Gasteiger partial charge in [-0.2, -0.15) is 0 Å². The quantitative estimate of drug-likeness (QED) is 0.629. The summed E-state index contributed by atoms with van der Waals surface area (Å²) in [5.74, 6) is 1.54. The van der Waals surface area contributed by atoms with Gasteiger partial charge >= 0.3 is 0 Å². The summed E-state index contributed by atoms with van der Waals surface area (Å²) in [7, 11) is 0. The SMILES string of the molecule is OC(O)c1ccc2c(c1)Oc1ccccc1C2. The molecule has 0 aromatic heterocycles. The molecule has 0 atom stereocenters. The first kappa shape index (κ1) is 10.3. The van der Waals surface area contributed by atoms with Crippen LogP contribution in [-0.4, -0.2) is 10.2 Å². The fraction of sp³-hybridized carbons (Fsp3) is 0.143. The third-order valence-corrected chi connectivity index (χ3v) is 2.96. The minimum Gasteiger partial charge on any atom is -0.457 e. The summed E-state index contributed by atoms with van der Waals surface area (Å²) in [6, 6.07) is 13.1. The Kier molecular flexibility index (Phi) is 2.35. The van der Waals surface area contributed by atoms with Gasteiger partial charge in [0.15, 0.2) is 6.29 Å². The fourth-order valence-corrected chi connectivity index (χ4v) is 2.05. The Hall–Kier alpha value is -1.84. The molecule has 0 aliphatic carbocycles. The van der Waals surface area contributed by atoms with Crippen LogP contribution < -0.4 is 4.74 Å². The number of hydrogen-bond acceptors (Lipinski definition) is 3. The van der Waals surface area contributed by atoms with Crippen LogP contribution in [0.5, 0.6) is 11.5 Å². The van der Waals surface area contributed by atoms with Crippen molar-refractivity contribution in [2.75, 3.05) is 0 Å². The lowest BCUT2D eigenvalue weighted by atomic mass is 9.99. The highest BCUT2D eigenvalue weighted by atomic mass is 16.5. The number of ether oxygens (including phenoxy) is 1. The maximum atomic E-state index is 9.12. The van der Waals surface area contributed by atoms with Gasteiger partial charge in [-0.3, -0.25) is 0 Å². The molecule has 2 N–H and O–H groups in total. The van der Waals surface area contributed by atoms with Crippen molar-refractivity contribution < 1.29 is 14.9 Å². The Morgan fingerprint density at radius 2 is 1.71 bits per heavy atom. The zero-order chi connectivity index (χ0) is 11.8. The van der Waals surface area contributed by atoms with Gasteiger partial charge < -0.3 is 14.9 Å². The average molecular weight is 228 g/mol. The molecule has 0 saturated heterocycles. The lowest BCUT2D eigenvalue weighted by molar-refractivity contribution is -0.0426. The summed E-state index contributed by atoms with van der Waals surface area (Å²) in [6.07, 6.45) is -0.645. The van der Waals surface area contributed by atoms with Crippen molar-refractivity contribution in [3.05, 3.63) is 59.2 Å². The van der Waals surface area contributed by atoms with E-state index in [2.05, 4.69) is 0 Å². The number of hydrogen-bond donors (Lipinski definition) is 2. The molecular weight excluding hydrogens is 216 g/mol. The van der Waals surface area contributed by atoms with E-state index in [1.54, 1.807) is 12.1 Å². The van der Waals surface area contributed by atoms with Crippen molar-refractivity contribution in [1.29, 1.82) is 0 Å². The van der Waals surface area contributed by atoms with Crippen molar-refractivity contribution in [3.63, 3.8) is 0 Å². The lowest BCUT2D eigenvalue weighted by Crippen LogP contribution is -2.04. The average Bonchev–Trinajstić information content (AvgIpc) is 2.35. The molecular formula is C14H12O3.